The Morgan fingerprint density at radius 2 is 1.85 bits per heavy atom. The van der Waals surface area contributed by atoms with Crippen molar-refractivity contribution in [2.24, 2.45) is 0 Å². The van der Waals surface area contributed by atoms with Crippen LogP contribution < -0.4 is 9.47 Å². The maximum Gasteiger partial charge on any atom is 0.362 e. The number of benzene rings is 1. The lowest BCUT2D eigenvalue weighted by molar-refractivity contribution is 0.0728. The molecule has 2 rings (SSSR count). The lowest BCUT2D eigenvalue weighted by Crippen LogP contribution is -2.11. The first-order valence-electron chi connectivity index (χ1n) is 9.14. The van der Waals surface area contributed by atoms with Crippen LogP contribution in [0.15, 0.2) is 36.5 Å². The quantitative estimate of drug-likeness (QED) is 0.332. The molecule has 0 aliphatic carbocycles. The van der Waals surface area contributed by atoms with Crippen LogP contribution in [0.25, 0.3) is 0 Å². The zero-order valence-corrected chi connectivity index (χ0v) is 15.4. The average Bonchev–Trinajstić information content (AvgIpc) is 2.68. The minimum atomic E-state index is -0.741. The normalized spacial score (nSPS) is 10.3. The molecule has 1 aromatic heterocycles. The maximum absolute atomic E-state index is 13.5. The highest BCUT2D eigenvalue weighted by Crippen LogP contribution is 2.18. The van der Waals surface area contributed by atoms with E-state index in [-0.39, 0.29) is 17.0 Å². The first-order chi connectivity index (χ1) is 13.1. The molecule has 2 aromatic rings. The van der Waals surface area contributed by atoms with Gasteiger partial charge in [-0.05, 0) is 30.7 Å². The van der Waals surface area contributed by atoms with Crippen molar-refractivity contribution in [3.05, 3.63) is 53.6 Å². The smallest absolute Gasteiger partial charge is 0.362 e. The molecule has 0 spiro atoms. The van der Waals surface area contributed by atoms with Crippen LogP contribution in [0.5, 0.6) is 11.5 Å². The van der Waals surface area contributed by atoms with Crippen molar-refractivity contribution in [2.75, 3.05) is 6.61 Å². The molecule has 1 heterocycles. The number of unbranched alkanes of at least 4 members (excludes halogenated alkanes) is 5. The zero-order valence-electron chi connectivity index (χ0n) is 15.4. The van der Waals surface area contributed by atoms with Gasteiger partial charge in [0, 0.05) is 6.07 Å². The van der Waals surface area contributed by atoms with Crippen LogP contribution in [0.2, 0.25) is 0 Å². The Morgan fingerprint density at radius 1 is 1.11 bits per heavy atom. The van der Waals surface area contributed by atoms with Crippen molar-refractivity contribution in [1.82, 2.24) is 4.98 Å². The number of pyridine rings is 1. The number of ether oxygens (including phenoxy) is 2. The lowest BCUT2D eigenvalue weighted by Gasteiger charge is -2.07. The largest absolute Gasteiger partial charge is 0.492 e. The molecule has 0 fully saturated rings. The van der Waals surface area contributed by atoms with E-state index in [9.17, 15) is 9.18 Å². The predicted octanol–water partition coefficient (Wildman–Crippen LogP) is 5.05. The van der Waals surface area contributed by atoms with E-state index in [0.29, 0.717) is 12.4 Å². The Kier molecular flexibility index (Phi) is 8.24. The second kappa shape index (κ2) is 10.9. The van der Waals surface area contributed by atoms with Crippen LogP contribution in [0.1, 0.15) is 61.5 Å². The third-order valence-electron chi connectivity index (χ3n) is 3.98. The van der Waals surface area contributed by atoms with Crippen LogP contribution in [-0.2, 0) is 0 Å². The number of hydrogen-bond donors (Lipinski definition) is 0. The molecule has 5 nitrogen and oxygen atoms in total. The van der Waals surface area contributed by atoms with Crippen LogP contribution in [0.3, 0.4) is 0 Å². The Labute approximate surface area is 158 Å². The standard InChI is InChI=1S/C21H23FN2O3/c1-2-3-4-5-6-7-12-26-18-10-11-20(24-15-18)21(25)27-17-9-8-16(14-23)19(22)13-17/h8-11,13,15H,2-7,12H2,1H3. The summed E-state index contributed by atoms with van der Waals surface area (Å²) >= 11 is 0. The number of carbonyl (C=O) groups is 1. The molecule has 27 heavy (non-hydrogen) atoms. The second-order valence-corrected chi connectivity index (χ2v) is 6.14. The summed E-state index contributed by atoms with van der Waals surface area (Å²) in [6, 6.07) is 8.46. The van der Waals surface area contributed by atoms with Crippen molar-refractivity contribution in [3.8, 4) is 17.6 Å². The molecule has 0 atom stereocenters. The molecule has 0 aliphatic heterocycles. The van der Waals surface area contributed by atoms with Gasteiger partial charge in [0.05, 0.1) is 18.4 Å². The second-order valence-electron chi connectivity index (χ2n) is 6.14. The van der Waals surface area contributed by atoms with Gasteiger partial charge in [0.25, 0.3) is 0 Å². The highest BCUT2D eigenvalue weighted by atomic mass is 19.1. The van der Waals surface area contributed by atoms with Crippen LogP contribution in [0, 0.1) is 17.1 Å². The fraction of sp³-hybridized carbons (Fsp3) is 0.381. The van der Waals surface area contributed by atoms with Gasteiger partial charge in [-0.3, -0.25) is 0 Å². The minimum absolute atomic E-state index is 0.0155. The summed E-state index contributed by atoms with van der Waals surface area (Å²) < 4.78 is 24.2. The molecule has 0 aliphatic rings. The molecule has 6 heteroatoms. The van der Waals surface area contributed by atoms with Gasteiger partial charge in [0.15, 0.2) is 0 Å². The van der Waals surface area contributed by atoms with Crippen molar-refractivity contribution in [2.45, 2.75) is 45.4 Å². The first-order valence-corrected chi connectivity index (χ1v) is 9.14. The van der Waals surface area contributed by atoms with Gasteiger partial charge < -0.3 is 9.47 Å². The number of aromatic nitrogens is 1. The van der Waals surface area contributed by atoms with E-state index in [4.69, 9.17) is 14.7 Å². The van der Waals surface area contributed by atoms with Gasteiger partial charge in [-0.15, -0.1) is 0 Å². The number of rotatable bonds is 10. The predicted molar refractivity (Wildman–Crippen MR) is 99.2 cm³/mol. The van der Waals surface area contributed by atoms with Gasteiger partial charge >= 0.3 is 5.97 Å². The van der Waals surface area contributed by atoms with Gasteiger partial charge in [-0.25, -0.2) is 14.2 Å². The molecule has 142 valence electrons. The molecular weight excluding hydrogens is 347 g/mol. The Hall–Kier alpha value is -2.94. The number of esters is 1. The fourth-order valence-electron chi connectivity index (χ4n) is 2.47. The highest BCUT2D eigenvalue weighted by Gasteiger charge is 2.12. The van der Waals surface area contributed by atoms with Crippen molar-refractivity contribution in [1.29, 1.82) is 5.26 Å². The number of nitrogens with zero attached hydrogens (tertiary/aromatic N) is 2. The third-order valence-corrected chi connectivity index (χ3v) is 3.98. The molecule has 0 saturated heterocycles. The summed E-state index contributed by atoms with van der Waals surface area (Å²) in [6.07, 6.45) is 8.58. The van der Waals surface area contributed by atoms with E-state index in [2.05, 4.69) is 11.9 Å². The maximum atomic E-state index is 13.5. The summed E-state index contributed by atoms with van der Waals surface area (Å²) in [5, 5.41) is 8.70. The number of nitriles is 1. The Balaban J connectivity index is 1.79. The summed E-state index contributed by atoms with van der Waals surface area (Å²) in [6.45, 7) is 2.81. The van der Waals surface area contributed by atoms with Crippen molar-refractivity contribution >= 4 is 5.97 Å². The molecule has 0 bridgehead atoms. The third kappa shape index (κ3) is 6.70. The molecule has 0 unspecified atom stereocenters. The van der Waals surface area contributed by atoms with E-state index in [1.807, 2.05) is 0 Å². The fourth-order valence-corrected chi connectivity index (χ4v) is 2.47. The van der Waals surface area contributed by atoms with Crippen LogP contribution in [0.4, 0.5) is 4.39 Å². The lowest BCUT2D eigenvalue weighted by atomic mass is 10.1. The topological polar surface area (TPSA) is 72.2 Å². The number of halogens is 1. The van der Waals surface area contributed by atoms with Crippen molar-refractivity contribution < 1.29 is 18.7 Å². The SMILES string of the molecule is CCCCCCCCOc1ccc(C(=O)Oc2ccc(C#N)c(F)c2)nc1. The van der Waals surface area contributed by atoms with Gasteiger partial charge in [-0.2, -0.15) is 5.26 Å². The molecule has 1 aromatic carbocycles. The van der Waals surface area contributed by atoms with Crippen LogP contribution in [-0.4, -0.2) is 17.6 Å². The summed E-state index contributed by atoms with van der Waals surface area (Å²) in [5.41, 5.74) is -0.0218. The van der Waals surface area contributed by atoms with E-state index in [0.717, 1.165) is 18.9 Å². The summed E-state index contributed by atoms with van der Waals surface area (Å²) in [4.78, 5) is 16.1. The first kappa shape index (κ1) is 20.4. The van der Waals surface area contributed by atoms with E-state index < -0.39 is 11.8 Å². The summed E-state index contributed by atoms with van der Waals surface area (Å²) in [7, 11) is 0. The van der Waals surface area contributed by atoms with Gasteiger partial charge in [-0.1, -0.05) is 39.0 Å². The van der Waals surface area contributed by atoms with E-state index in [1.165, 1.54) is 50.1 Å². The molecular formula is C21H23FN2O3. The molecule has 0 radical (unpaired) electrons. The average molecular weight is 370 g/mol. The molecule has 0 N–H and O–H groups in total. The Morgan fingerprint density at radius 3 is 2.52 bits per heavy atom. The van der Waals surface area contributed by atoms with Crippen LogP contribution >= 0.6 is 0 Å². The highest BCUT2D eigenvalue weighted by molar-refractivity contribution is 5.89. The van der Waals surface area contributed by atoms with E-state index >= 15 is 0 Å². The molecule has 0 amide bonds. The summed E-state index contributed by atoms with van der Waals surface area (Å²) in [5.74, 6) is -0.845. The van der Waals surface area contributed by atoms with E-state index in [1.54, 1.807) is 12.1 Å². The Bertz CT molecular complexity index is 785. The zero-order chi connectivity index (χ0) is 19.5. The minimum Gasteiger partial charge on any atom is -0.492 e. The monoisotopic (exact) mass is 370 g/mol. The van der Waals surface area contributed by atoms with Gasteiger partial charge in [0.1, 0.15) is 29.1 Å². The van der Waals surface area contributed by atoms with Crippen molar-refractivity contribution in [3.63, 3.8) is 0 Å². The van der Waals surface area contributed by atoms with Gasteiger partial charge in [0.2, 0.25) is 0 Å². The molecule has 0 saturated carbocycles. The number of hydrogen-bond acceptors (Lipinski definition) is 5. The number of carbonyl (C=O) groups excluding carboxylic acids is 1.